The monoisotopic (exact) mass is 346 g/mol. The van der Waals surface area contributed by atoms with E-state index in [9.17, 15) is 9.18 Å². The Morgan fingerprint density at radius 1 is 1.40 bits per heavy atom. The molecule has 0 fully saturated rings. The second-order valence-corrected chi connectivity index (χ2v) is 5.62. The molecule has 1 unspecified atom stereocenters. The molecule has 1 N–H and O–H groups in total. The lowest BCUT2D eigenvalue weighted by molar-refractivity contribution is 0.0695. The molecule has 0 spiro atoms. The summed E-state index contributed by atoms with van der Waals surface area (Å²) in [6.45, 7) is 4.04. The van der Waals surface area contributed by atoms with E-state index in [1.807, 2.05) is 6.92 Å². The molecule has 1 aromatic carbocycles. The topological polar surface area (TPSA) is 46.5 Å². The van der Waals surface area contributed by atoms with E-state index < -0.39 is 11.8 Å². The summed E-state index contributed by atoms with van der Waals surface area (Å²) < 4.78 is 19.5. The van der Waals surface area contributed by atoms with Crippen molar-refractivity contribution < 1.29 is 19.0 Å². The number of carboxylic acids is 1. The molecule has 0 aliphatic carbocycles. The highest BCUT2D eigenvalue weighted by molar-refractivity contribution is 9.10. The van der Waals surface area contributed by atoms with Crippen molar-refractivity contribution in [1.82, 2.24) is 0 Å². The van der Waals surface area contributed by atoms with Gasteiger partial charge in [-0.2, -0.15) is 0 Å². The Hall–Kier alpha value is -1.10. The Bertz CT molecular complexity index is 463. The van der Waals surface area contributed by atoms with Crippen molar-refractivity contribution in [3.63, 3.8) is 0 Å². The van der Waals surface area contributed by atoms with Crippen LogP contribution in [0.15, 0.2) is 16.6 Å². The second kappa shape index (κ2) is 8.25. The first-order valence-electron chi connectivity index (χ1n) is 6.85. The molecule has 0 aliphatic rings. The number of unbranched alkanes of at least 4 members (excludes halogenated alkanes) is 3. The maximum atomic E-state index is 14.0. The number of hydrogen-bond donors (Lipinski definition) is 1. The third kappa shape index (κ3) is 4.78. The van der Waals surface area contributed by atoms with Gasteiger partial charge in [0.15, 0.2) is 11.6 Å². The molecular weight excluding hydrogens is 327 g/mol. The summed E-state index contributed by atoms with van der Waals surface area (Å²) in [5.74, 6) is -1.75. The molecule has 0 radical (unpaired) electrons. The van der Waals surface area contributed by atoms with Crippen molar-refractivity contribution in [3.05, 3.63) is 28.0 Å². The van der Waals surface area contributed by atoms with Crippen LogP contribution in [0.2, 0.25) is 0 Å². The molecule has 0 heterocycles. The zero-order valence-electron chi connectivity index (χ0n) is 11.8. The molecule has 20 heavy (non-hydrogen) atoms. The Kier molecular flexibility index (Phi) is 6.99. The van der Waals surface area contributed by atoms with Crippen molar-refractivity contribution in [2.75, 3.05) is 0 Å². The first-order chi connectivity index (χ1) is 9.47. The van der Waals surface area contributed by atoms with Crippen LogP contribution in [-0.2, 0) is 0 Å². The van der Waals surface area contributed by atoms with Crippen LogP contribution >= 0.6 is 15.9 Å². The summed E-state index contributed by atoms with van der Waals surface area (Å²) >= 11 is 2.96. The predicted molar refractivity (Wildman–Crippen MR) is 79.9 cm³/mol. The van der Waals surface area contributed by atoms with Crippen LogP contribution < -0.4 is 4.74 Å². The van der Waals surface area contributed by atoms with Gasteiger partial charge in [0.1, 0.15) is 0 Å². The zero-order valence-corrected chi connectivity index (χ0v) is 13.4. The lowest BCUT2D eigenvalue weighted by atomic mass is 10.1. The minimum atomic E-state index is -1.17. The van der Waals surface area contributed by atoms with E-state index in [-0.39, 0.29) is 21.9 Å². The van der Waals surface area contributed by atoms with Crippen LogP contribution in [0.4, 0.5) is 4.39 Å². The highest BCUT2D eigenvalue weighted by Crippen LogP contribution is 2.29. The SMILES string of the molecule is CCCCCCC(C)Oc1ccc(C(=O)O)c(Br)c1F. The third-order valence-corrected chi connectivity index (χ3v) is 3.84. The molecule has 0 saturated carbocycles. The predicted octanol–water partition coefficient (Wildman–Crippen LogP) is 5.02. The summed E-state index contributed by atoms with van der Waals surface area (Å²) in [5.41, 5.74) is -0.106. The van der Waals surface area contributed by atoms with E-state index in [4.69, 9.17) is 9.84 Å². The highest BCUT2D eigenvalue weighted by atomic mass is 79.9. The first kappa shape index (κ1) is 17.0. The standard InChI is InChI=1S/C15H20BrFO3/c1-3-4-5-6-7-10(2)20-12-9-8-11(15(18)19)13(16)14(12)17/h8-10H,3-7H2,1-2H3,(H,18,19). The molecule has 1 atom stereocenters. The fraction of sp³-hybridized carbons (Fsp3) is 0.533. The second-order valence-electron chi connectivity index (χ2n) is 4.82. The largest absolute Gasteiger partial charge is 0.488 e. The summed E-state index contributed by atoms with van der Waals surface area (Å²) in [5, 5.41) is 8.89. The van der Waals surface area contributed by atoms with Crippen LogP contribution in [0.1, 0.15) is 56.3 Å². The average Bonchev–Trinajstić information content (AvgIpc) is 2.40. The molecule has 1 rings (SSSR count). The maximum Gasteiger partial charge on any atom is 0.336 e. The Morgan fingerprint density at radius 2 is 2.10 bits per heavy atom. The number of carboxylic acid groups (broad SMARTS) is 1. The quantitative estimate of drug-likeness (QED) is 0.672. The number of halogens is 2. The van der Waals surface area contributed by atoms with E-state index in [0.29, 0.717) is 0 Å². The molecule has 112 valence electrons. The van der Waals surface area contributed by atoms with E-state index in [1.165, 1.54) is 25.0 Å². The van der Waals surface area contributed by atoms with Crippen molar-refractivity contribution >= 4 is 21.9 Å². The average molecular weight is 347 g/mol. The zero-order chi connectivity index (χ0) is 15.1. The van der Waals surface area contributed by atoms with E-state index in [0.717, 1.165) is 19.3 Å². The fourth-order valence-corrected chi connectivity index (χ4v) is 2.42. The smallest absolute Gasteiger partial charge is 0.336 e. The van der Waals surface area contributed by atoms with Crippen LogP contribution in [0.3, 0.4) is 0 Å². The van der Waals surface area contributed by atoms with Crippen molar-refractivity contribution in [2.45, 2.75) is 52.1 Å². The van der Waals surface area contributed by atoms with Crippen LogP contribution in [-0.4, -0.2) is 17.2 Å². The van der Waals surface area contributed by atoms with Crippen LogP contribution in [0.25, 0.3) is 0 Å². The van der Waals surface area contributed by atoms with Gasteiger partial charge in [-0.25, -0.2) is 9.18 Å². The van der Waals surface area contributed by atoms with E-state index >= 15 is 0 Å². The molecule has 0 amide bonds. The number of aromatic carboxylic acids is 1. The van der Waals surface area contributed by atoms with E-state index in [1.54, 1.807) is 0 Å². The molecule has 5 heteroatoms. The number of carbonyl (C=O) groups is 1. The van der Waals surface area contributed by atoms with Gasteiger partial charge in [-0.05, 0) is 47.8 Å². The summed E-state index contributed by atoms with van der Waals surface area (Å²) in [4.78, 5) is 10.9. The molecule has 3 nitrogen and oxygen atoms in total. The maximum absolute atomic E-state index is 14.0. The van der Waals surface area contributed by atoms with Crippen molar-refractivity contribution in [1.29, 1.82) is 0 Å². The normalized spacial score (nSPS) is 12.2. The van der Waals surface area contributed by atoms with Crippen LogP contribution in [0, 0.1) is 5.82 Å². The summed E-state index contributed by atoms with van der Waals surface area (Å²) in [6.07, 6.45) is 5.33. The lowest BCUT2D eigenvalue weighted by Gasteiger charge is -2.16. The molecule has 1 aromatic rings. The molecular formula is C15H20BrFO3. The lowest BCUT2D eigenvalue weighted by Crippen LogP contribution is -2.13. The van der Waals surface area contributed by atoms with Gasteiger partial charge in [0, 0.05) is 0 Å². The fourth-order valence-electron chi connectivity index (χ4n) is 1.92. The molecule has 0 saturated heterocycles. The summed E-state index contributed by atoms with van der Waals surface area (Å²) in [6, 6.07) is 2.71. The van der Waals surface area contributed by atoms with Crippen LogP contribution in [0.5, 0.6) is 5.75 Å². The highest BCUT2D eigenvalue weighted by Gasteiger charge is 2.17. The molecule has 0 aromatic heterocycles. The van der Waals surface area contributed by atoms with Gasteiger partial charge < -0.3 is 9.84 Å². The minimum Gasteiger partial charge on any atom is -0.488 e. The van der Waals surface area contributed by atoms with Crippen molar-refractivity contribution in [3.8, 4) is 5.75 Å². The van der Waals surface area contributed by atoms with Gasteiger partial charge in [0.25, 0.3) is 0 Å². The van der Waals surface area contributed by atoms with Gasteiger partial charge >= 0.3 is 5.97 Å². The van der Waals surface area contributed by atoms with Gasteiger partial charge in [-0.1, -0.05) is 26.2 Å². The third-order valence-electron chi connectivity index (χ3n) is 3.07. The Morgan fingerprint density at radius 3 is 2.70 bits per heavy atom. The van der Waals surface area contributed by atoms with Gasteiger partial charge in [0.2, 0.25) is 0 Å². The van der Waals surface area contributed by atoms with Gasteiger partial charge in [-0.15, -0.1) is 0 Å². The molecule has 0 aliphatic heterocycles. The number of hydrogen-bond acceptors (Lipinski definition) is 2. The van der Waals surface area contributed by atoms with E-state index in [2.05, 4.69) is 22.9 Å². The Balaban J connectivity index is 2.64. The number of ether oxygens (including phenoxy) is 1. The first-order valence-corrected chi connectivity index (χ1v) is 7.64. The number of rotatable bonds is 8. The van der Waals surface area contributed by atoms with Gasteiger partial charge in [-0.3, -0.25) is 0 Å². The Labute approximate surface area is 127 Å². The van der Waals surface area contributed by atoms with Gasteiger partial charge in [0.05, 0.1) is 16.1 Å². The molecule has 0 bridgehead atoms. The minimum absolute atomic E-state index is 0.0688. The number of benzene rings is 1. The van der Waals surface area contributed by atoms with Crippen molar-refractivity contribution in [2.24, 2.45) is 0 Å². The summed E-state index contributed by atoms with van der Waals surface area (Å²) in [7, 11) is 0.